The monoisotopic (exact) mass is 315 g/mol. The van der Waals surface area contributed by atoms with Gasteiger partial charge < -0.3 is 10.1 Å². The molecule has 2 fully saturated rings. The molecular weight excluding hydrogens is 286 g/mol. The van der Waals surface area contributed by atoms with Crippen LogP contribution >= 0.6 is 0 Å². The Morgan fingerprint density at radius 3 is 2.65 bits per heavy atom. The van der Waals surface area contributed by atoms with Crippen molar-refractivity contribution in [1.29, 1.82) is 0 Å². The molecule has 2 saturated carbocycles. The lowest BCUT2D eigenvalue weighted by molar-refractivity contribution is -0.129. The van der Waals surface area contributed by atoms with Crippen LogP contribution in [-0.4, -0.2) is 18.1 Å². The van der Waals surface area contributed by atoms with Crippen molar-refractivity contribution in [3.05, 3.63) is 29.8 Å². The van der Waals surface area contributed by atoms with Crippen molar-refractivity contribution in [3.8, 4) is 5.75 Å². The molecule has 0 saturated heterocycles. The molecule has 0 aliphatic heterocycles. The van der Waals surface area contributed by atoms with Gasteiger partial charge in [-0.15, -0.1) is 0 Å². The molecule has 126 valence electrons. The Morgan fingerprint density at radius 2 is 2.09 bits per heavy atom. The summed E-state index contributed by atoms with van der Waals surface area (Å²) in [6.07, 6.45) is 3.14. The zero-order chi connectivity index (χ0) is 16.8. The molecule has 0 heterocycles. The molecule has 1 N–H and O–H groups in total. The van der Waals surface area contributed by atoms with Crippen LogP contribution in [-0.2, 0) is 4.79 Å². The third-order valence-corrected chi connectivity index (χ3v) is 6.78. The van der Waals surface area contributed by atoms with Crippen molar-refractivity contribution >= 4 is 5.91 Å². The van der Waals surface area contributed by atoms with Crippen LogP contribution < -0.4 is 10.1 Å². The van der Waals surface area contributed by atoms with E-state index in [4.69, 9.17) is 4.74 Å². The number of hydrogen-bond acceptors (Lipinski definition) is 2. The van der Waals surface area contributed by atoms with Crippen LogP contribution in [0.4, 0.5) is 0 Å². The first-order chi connectivity index (χ1) is 10.7. The van der Waals surface area contributed by atoms with Crippen LogP contribution in [0.3, 0.4) is 0 Å². The lowest BCUT2D eigenvalue weighted by atomic mass is 9.69. The lowest BCUT2D eigenvalue weighted by Crippen LogP contribution is -2.50. The minimum Gasteiger partial charge on any atom is -0.481 e. The van der Waals surface area contributed by atoms with Crippen molar-refractivity contribution in [2.45, 2.75) is 66.0 Å². The largest absolute Gasteiger partial charge is 0.481 e. The fourth-order valence-corrected chi connectivity index (χ4v) is 4.66. The molecule has 4 atom stereocenters. The van der Waals surface area contributed by atoms with Gasteiger partial charge in [0.2, 0.25) is 0 Å². The number of carbonyl (C=O) groups excluding carboxylic acids is 1. The molecule has 23 heavy (non-hydrogen) atoms. The van der Waals surface area contributed by atoms with Crippen LogP contribution in [0.5, 0.6) is 5.75 Å². The van der Waals surface area contributed by atoms with Gasteiger partial charge in [0.1, 0.15) is 5.75 Å². The maximum absolute atomic E-state index is 12.6. The van der Waals surface area contributed by atoms with Crippen molar-refractivity contribution < 1.29 is 9.53 Å². The SMILES string of the molecule is Cc1cccc(O[C@H](C)C(=O)N[C@H]2C[C@@H]3CC[C@]2(C)C3(C)C)c1. The van der Waals surface area contributed by atoms with Gasteiger partial charge >= 0.3 is 0 Å². The number of carbonyl (C=O) groups is 1. The molecule has 3 nitrogen and oxygen atoms in total. The summed E-state index contributed by atoms with van der Waals surface area (Å²) < 4.78 is 5.82. The highest BCUT2D eigenvalue weighted by molar-refractivity contribution is 5.81. The summed E-state index contributed by atoms with van der Waals surface area (Å²) >= 11 is 0. The number of fused-ring (bicyclic) bond motifs is 2. The van der Waals surface area contributed by atoms with E-state index in [-0.39, 0.29) is 17.4 Å². The highest BCUT2D eigenvalue weighted by Gasteiger charge is 2.61. The third-order valence-electron chi connectivity index (χ3n) is 6.78. The van der Waals surface area contributed by atoms with Gasteiger partial charge in [0.05, 0.1) is 0 Å². The van der Waals surface area contributed by atoms with E-state index in [2.05, 4.69) is 26.1 Å². The lowest BCUT2D eigenvalue weighted by Gasteiger charge is -2.39. The number of aryl methyl sites for hydroxylation is 1. The summed E-state index contributed by atoms with van der Waals surface area (Å²) in [4.78, 5) is 12.6. The number of hydrogen-bond donors (Lipinski definition) is 1. The summed E-state index contributed by atoms with van der Waals surface area (Å²) in [7, 11) is 0. The van der Waals surface area contributed by atoms with Gasteiger partial charge in [0.15, 0.2) is 6.10 Å². The van der Waals surface area contributed by atoms with Crippen molar-refractivity contribution in [2.24, 2.45) is 16.7 Å². The number of benzene rings is 1. The topological polar surface area (TPSA) is 38.3 Å². The van der Waals surface area contributed by atoms with E-state index in [1.807, 2.05) is 38.1 Å². The predicted octanol–water partition coefficient (Wildman–Crippen LogP) is 4.09. The van der Waals surface area contributed by atoms with E-state index in [1.165, 1.54) is 12.8 Å². The standard InChI is InChI=1S/C20H29NO2/c1-13-7-6-8-16(11-13)23-14(2)18(22)21-17-12-15-9-10-20(17,5)19(15,3)4/h6-8,11,14-15,17H,9-10,12H2,1-5H3,(H,21,22)/t14-,15+,17+,20+/m1/s1. The first-order valence-electron chi connectivity index (χ1n) is 8.78. The summed E-state index contributed by atoms with van der Waals surface area (Å²) in [5.74, 6) is 1.49. The second-order valence-corrected chi connectivity index (χ2v) is 8.25. The molecule has 3 rings (SSSR count). The normalized spacial score (nSPS) is 32.6. The molecule has 0 unspecified atom stereocenters. The maximum atomic E-state index is 12.6. The van der Waals surface area contributed by atoms with E-state index < -0.39 is 6.10 Å². The molecule has 1 aromatic rings. The first-order valence-corrected chi connectivity index (χ1v) is 8.78. The van der Waals surface area contributed by atoms with Gasteiger partial charge in [0, 0.05) is 6.04 Å². The average molecular weight is 315 g/mol. The predicted molar refractivity (Wildman–Crippen MR) is 92.4 cm³/mol. The Kier molecular flexibility index (Phi) is 3.94. The Hall–Kier alpha value is -1.51. The first kappa shape index (κ1) is 16.4. The van der Waals surface area contributed by atoms with E-state index in [0.29, 0.717) is 5.41 Å². The van der Waals surface area contributed by atoms with Crippen molar-refractivity contribution in [2.75, 3.05) is 0 Å². The summed E-state index contributed by atoms with van der Waals surface area (Å²) in [6.45, 7) is 10.9. The number of rotatable bonds is 4. The number of nitrogens with one attached hydrogen (secondary N) is 1. The van der Waals surface area contributed by atoms with Crippen LogP contribution in [0.1, 0.15) is 52.5 Å². The second kappa shape index (κ2) is 5.54. The Labute approximate surface area is 139 Å². The second-order valence-electron chi connectivity index (χ2n) is 8.25. The summed E-state index contributed by atoms with van der Waals surface area (Å²) in [5, 5.41) is 3.28. The van der Waals surface area contributed by atoms with E-state index in [0.717, 1.165) is 23.7 Å². The third kappa shape index (κ3) is 2.64. The molecule has 0 radical (unpaired) electrons. The zero-order valence-electron chi connectivity index (χ0n) is 15.0. The van der Waals surface area contributed by atoms with E-state index in [1.54, 1.807) is 0 Å². The van der Waals surface area contributed by atoms with Gasteiger partial charge in [-0.3, -0.25) is 4.79 Å². The fraction of sp³-hybridized carbons (Fsp3) is 0.650. The smallest absolute Gasteiger partial charge is 0.261 e. The Morgan fingerprint density at radius 1 is 1.35 bits per heavy atom. The summed E-state index contributed by atoms with van der Waals surface area (Å²) in [6, 6.07) is 8.11. The minimum atomic E-state index is -0.470. The summed E-state index contributed by atoms with van der Waals surface area (Å²) in [5.41, 5.74) is 1.65. The number of ether oxygens (including phenoxy) is 1. The Balaban J connectivity index is 1.64. The van der Waals surface area contributed by atoms with E-state index >= 15 is 0 Å². The van der Waals surface area contributed by atoms with Gasteiger partial charge in [0.25, 0.3) is 5.91 Å². The van der Waals surface area contributed by atoms with Crippen molar-refractivity contribution in [1.82, 2.24) is 5.32 Å². The fourth-order valence-electron chi connectivity index (χ4n) is 4.66. The maximum Gasteiger partial charge on any atom is 0.261 e. The van der Waals surface area contributed by atoms with Gasteiger partial charge in [-0.25, -0.2) is 0 Å². The molecule has 2 bridgehead atoms. The molecular formula is C20H29NO2. The zero-order valence-corrected chi connectivity index (χ0v) is 15.0. The van der Waals surface area contributed by atoms with Crippen molar-refractivity contribution in [3.63, 3.8) is 0 Å². The van der Waals surface area contributed by atoms with Gasteiger partial charge in [-0.05, 0) is 67.6 Å². The molecule has 2 aliphatic carbocycles. The number of amides is 1. The molecule has 3 heteroatoms. The highest BCUT2D eigenvalue weighted by Crippen LogP contribution is 2.65. The molecule has 0 spiro atoms. The molecule has 1 aromatic carbocycles. The van der Waals surface area contributed by atoms with Crippen LogP contribution in [0, 0.1) is 23.7 Å². The molecule has 0 aromatic heterocycles. The molecule has 2 aliphatic rings. The molecule has 1 amide bonds. The van der Waals surface area contributed by atoms with Crippen LogP contribution in [0.25, 0.3) is 0 Å². The van der Waals surface area contributed by atoms with Gasteiger partial charge in [-0.1, -0.05) is 32.9 Å². The van der Waals surface area contributed by atoms with Gasteiger partial charge in [-0.2, -0.15) is 0 Å². The van der Waals surface area contributed by atoms with Crippen LogP contribution in [0.2, 0.25) is 0 Å². The Bertz CT molecular complexity index is 609. The average Bonchev–Trinajstić information content (AvgIpc) is 2.80. The van der Waals surface area contributed by atoms with Crippen LogP contribution in [0.15, 0.2) is 24.3 Å². The minimum absolute atomic E-state index is 0.00100. The van der Waals surface area contributed by atoms with E-state index in [9.17, 15) is 4.79 Å². The quantitative estimate of drug-likeness (QED) is 0.908. The highest BCUT2D eigenvalue weighted by atomic mass is 16.5.